The van der Waals surface area contributed by atoms with Gasteiger partial charge < -0.3 is 15.6 Å². The molecule has 0 aromatic heterocycles. The number of nitrogens with two attached hydrogens (primary N) is 1. The highest BCUT2D eigenvalue weighted by Crippen LogP contribution is 2.19. The van der Waals surface area contributed by atoms with E-state index in [2.05, 4.69) is 0 Å². The molecule has 0 heterocycles. The van der Waals surface area contributed by atoms with Crippen molar-refractivity contribution < 1.29 is 14.2 Å². The SMILES string of the molecule is Cl.NC(CCO)c1ccc(OCc2ccc(F)cc2)cc1. The molecule has 0 amide bonds. The van der Waals surface area contributed by atoms with Crippen molar-refractivity contribution in [1.29, 1.82) is 0 Å². The first-order valence-corrected chi connectivity index (χ1v) is 6.52. The van der Waals surface area contributed by atoms with E-state index >= 15 is 0 Å². The van der Waals surface area contributed by atoms with Gasteiger partial charge in [0.1, 0.15) is 18.2 Å². The maximum atomic E-state index is 12.8. The second-order valence-electron chi connectivity index (χ2n) is 4.60. The standard InChI is InChI=1S/C16H18FNO2.ClH/c17-14-5-1-12(2-6-14)11-20-15-7-3-13(4-8-15)16(18)9-10-19;/h1-8,16,19H,9-11,18H2;1H. The van der Waals surface area contributed by atoms with Crippen LogP contribution in [0.2, 0.25) is 0 Å². The van der Waals surface area contributed by atoms with Gasteiger partial charge in [0.15, 0.2) is 0 Å². The fourth-order valence-corrected chi connectivity index (χ4v) is 1.86. The van der Waals surface area contributed by atoms with Gasteiger partial charge in [0.25, 0.3) is 0 Å². The zero-order valence-corrected chi connectivity index (χ0v) is 12.4. The van der Waals surface area contributed by atoms with Gasteiger partial charge in [0.05, 0.1) is 0 Å². The quantitative estimate of drug-likeness (QED) is 0.861. The van der Waals surface area contributed by atoms with Crippen LogP contribution in [0.5, 0.6) is 5.75 Å². The highest BCUT2D eigenvalue weighted by Gasteiger charge is 2.05. The summed E-state index contributed by atoms with van der Waals surface area (Å²) < 4.78 is 18.4. The Labute approximate surface area is 130 Å². The normalized spacial score (nSPS) is 11.6. The van der Waals surface area contributed by atoms with Gasteiger partial charge in [-0.1, -0.05) is 24.3 Å². The molecule has 0 aliphatic heterocycles. The second-order valence-corrected chi connectivity index (χ2v) is 4.60. The van der Waals surface area contributed by atoms with E-state index in [1.54, 1.807) is 12.1 Å². The van der Waals surface area contributed by atoms with Crippen LogP contribution in [-0.4, -0.2) is 11.7 Å². The largest absolute Gasteiger partial charge is 0.489 e. The molecule has 114 valence electrons. The number of halogens is 2. The molecule has 2 aromatic rings. The number of ether oxygens (including phenoxy) is 1. The van der Waals surface area contributed by atoms with E-state index < -0.39 is 0 Å². The van der Waals surface area contributed by atoms with Gasteiger partial charge in [-0.2, -0.15) is 0 Å². The van der Waals surface area contributed by atoms with Crippen molar-refractivity contribution in [2.75, 3.05) is 6.61 Å². The van der Waals surface area contributed by atoms with Crippen molar-refractivity contribution in [3.8, 4) is 5.75 Å². The van der Waals surface area contributed by atoms with Crippen LogP contribution < -0.4 is 10.5 Å². The first kappa shape index (κ1) is 17.4. The summed E-state index contributed by atoms with van der Waals surface area (Å²) in [5.41, 5.74) is 7.77. The third kappa shape index (κ3) is 5.34. The van der Waals surface area contributed by atoms with E-state index in [1.807, 2.05) is 24.3 Å². The molecule has 2 aromatic carbocycles. The Kier molecular flexibility index (Phi) is 7.15. The lowest BCUT2D eigenvalue weighted by molar-refractivity contribution is 0.276. The lowest BCUT2D eigenvalue weighted by Crippen LogP contribution is -2.11. The zero-order valence-electron chi connectivity index (χ0n) is 11.5. The molecule has 0 saturated carbocycles. The minimum absolute atomic E-state index is 0. The van der Waals surface area contributed by atoms with Crippen molar-refractivity contribution in [1.82, 2.24) is 0 Å². The Bertz CT molecular complexity index is 531. The molecule has 0 aliphatic rings. The van der Waals surface area contributed by atoms with E-state index in [9.17, 15) is 4.39 Å². The summed E-state index contributed by atoms with van der Waals surface area (Å²) in [5.74, 6) is 0.477. The smallest absolute Gasteiger partial charge is 0.123 e. The molecular weight excluding hydrogens is 293 g/mol. The van der Waals surface area contributed by atoms with Crippen molar-refractivity contribution in [2.45, 2.75) is 19.1 Å². The lowest BCUT2D eigenvalue weighted by Gasteiger charge is -2.11. The maximum absolute atomic E-state index is 12.8. The van der Waals surface area contributed by atoms with Crippen LogP contribution in [0.3, 0.4) is 0 Å². The fraction of sp³-hybridized carbons (Fsp3) is 0.250. The Hall–Kier alpha value is -1.62. The molecule has 5 heteroatoms. The van der Waals surface area contributed by atoms with Gasteiger partial charge in [0, 0.05) is 12.6 Å². The third-order valence-electron chi connectivity index (χ3n) is 3.07. The van der Waals surface area contributed by atoms with Crippen LogP contribution in [0.1, 0.15) is 23.6 Å². The van der Waals surface area contributed by atoms with Gasteiger partial charge in [-0.3, -0.25) is 0 Å². The molecule has 0 spiro atoms. The van der Waals surface area contributed by atoms with E-state index in [-0.39, 0.29) is 30.9 Å². The number of aliphatic hydroxyl groups is 1. The van der Waals surface area contributed by atoms with Gasteiger partial charge >= 0.3 is 0 Å². The monoisotopic (exact) mass is 311 g/mol. The molecule has 3 N–H and O–H groups in total. The first-order valence-electron chi connectivity index (χ1n) is 6.52. The summed E-state index contributed by atoms with van der Waals surface area (Å²) >= 11 is 0. The molecule has 21 heavy (non-hydrogen) atoms. The highest BCUT2D eigenvalue weighted by molar-refractivity contribution is 5.85. The first-order chi connectivity index (χ1) is 9.69. The predicted octanol–water partition coefficient (Wildman–Crippen LogP) is 3.21. The molecule has 0 aliphatic carbocycles. The summed E-state index contributed by atoms with van der Waals surface area (Å²) in [7, 11) is 0. The van der Waals surface area contributed by atoms with Crippen molar-refractivity contribution in [2.24, 2.45) is 5.73 Å². The van der Waals surface area contributed by atoms with Crippen molar-refractivity contribution >= 4 is 12.4 Å². The lowest BCUT2D eigenvalue weighted by atomic mass is 10.1. The van der Waals surface area contributed by atoms with E-state index in [1.165, 1.54) is 12.1 Å². The van der Waals surface area contributed by atoms with Crippen molar-refractivity contribution in [3.05, 3.63) is 65.5 Å². The molecule has 0 radical (unpaired) electrons. The predicted molar refractivity (Wildman–Crippen MR) is 83.1 cm³/mol. The molecule has 3 nitrogen and oxygen atoms in total. The Morgan fingerprint density at radius 1 is 1.05 bits per heavy atom. The molecule has 1 atom stereocenters. The second kappa shape index (κ2) is 8.62. The van der Waals surface area contributed by atoms with Crippen LogP contribution in [0.15, 0.2) is 48.5 Å². The molecule has 0 saturated heterocycles. The fourth-order valence-electron chi connectivity index (χ4n) is 1.86. The summed E-state index contributed by atoms with van der Waals surface area (Å²) in [5, 5.41) is 8.85. The topological polar surface area (TPSA) is 55.5 Å². The number of aliphatic hydroxyl groups excluding tert-OH is 1. The van der Waals surface area contributed by atoms with E-state index in [4.69, 9.17) is 15.6 Å². The minimum atomic E-state index is -0.254. The summed E-state index contributed by atoms with van der Waals surface area (Å²) in [6, 6.07) is 13.5. The Balaban J connectivity index is 0.00000220. The molecule has 1 unspecified atom stereocenters. The zero-order chi connectivity index (χ0) is 14.4. The van der Waals surface area contributed by atoms with Crippen LogP contribution in [0.4, 0.5) is 4.39 Å². The summed E-state index contributed by atoms with van der Waals surface area (Å²) in [6.45, 7) is 0.465. The van der Waals surface area contributed by atoms with E-state index in [0.29, 0.717) is 13.0 Å². The number of benzene rings is 2. The molecular formula is C16H19ClFNO2. The number of hydrogen-bond acceptors (Lipinski definition) is 3. The highest BCUT2D eigenvalue weighted by atomic mass is 35.5. The van der Waals surface area contributed by atoms with Crippen molar-refractivity contribution in [3.63, 3.8) is 0 Å². The van der Waals surface area contributed by atoms with E-state index in [0.717, 1.165) is 16.9 Å². The Morgan fingerprint density at radius 3 is 2.24 bits per heavy atom. The third-order valence-corrected chi connectivity index (χ3v) is 3.07. The molecule has 2 rings (SSSR count). The molecule has 0 fully saturated rings. The van der Waals surface area contributed by atoms with Crippen LogP contribution in [0, 0.1) is 5.82 Å². The molecule has 0 bridgehead atoms. The van der Waals surface area contributed by atoms with Crippen LogP contribution in [0.25, 0.3) is 0 Å². The Morgan fingerprint density at radius 2 is 1.67 bits per heavy atom. The maximum Gasteiger partial charge on any atom is 0.123 e. The van der Waals surface area contributed by atoms with Gasteiger partial charge in [-0.05, 0) is 41.8 Å². The average molecular weight is 312 g/mol. The van der Waals surface area contributed by atoms with Crippen LogP contribution >= 0.6 is 12.4 Å². The summed E-state index contributed by atoms with van der Waals surface area (Å²) in [4.78, 5) is 0. The summed E-state index contributed by atoms with van der Waals surface area (Å²) in [6.07, 6.45) is 0.537. The van der Waals surface area contributed by atoms with Gasteiger partial charge in [-0.25, -0.2) is 4.39 Å². The average Bonchev–Trinajstić information content (AvgIpc) is 2.47. The minimum Gasteiger partial charge on any atom is -0.489 e. The number of hydrogen-bond donors (Lipinski definition) is 2. The van der Waals surface area contributed by atoms with Gasteiger partial charge in [-0.15, -0.1) is 12.4 Å². The van der Waals surface area contributed by atoms with Gasteiger partial charge in [0.2, 0.25) is 0 Å². The number of rotatable bonds is 6. The van der Waals surface area contributed by atoms with Crippen LogP contribution in [-0.2, 0) is 6.61 Å².